The van der Waals surface area contributed by atoms with E-state index in [1.54, 1.807) is 0 Å². The van der Waals surface area contributed by atoms with Crippen LogP contribution in [0.4, 0.5) is 0 Å². The maximum absolute atomic E-state index is 5.78. The van der Waals surface area contributed by atoms with Gasteiger partial charge in [-0.25, -0.2) is 0 Å². The molecule has 0 aliphatic rings. The molecule has 1 aromatic carbocycles. The Morgan fingerprint density at radius 3 is 0.891 bits per heavy atom. The molecule has 0 saturated carbocycles. The number of ether oxygens (including phenoxy) is 10. The topological polar surface area (TPSA) is 92.3 Å². The summed E-state index contributed by atoms with van der Waals surface area (Å²) in [7, 11) is 0. The molecule has 1 rings (SSSR count). The molecular weight excluding hydrogens is 700 g/mol. The first kappa shape index (κ1) is 51.7. The van der Waals surface area contributed by atoms with E-state index in [1.807, 2.05) is 0 Å². The minimum atomic E-state index is 0.526. The lowest BCUT2D eigenvalue weighted by Gasteiger charge is -2.09. The fourth-order valence-corrected chi connectivity index (χ4v) is 5.81. The van der Waals surface area contributed by atoms with Crippen LogP contribution >= 0.6 is 0 Å². The van der Waals surface area contributed by atoms with Gasteiger partial charge in [-0.2, -0.15) is 0 Å². The van der Waals surface area contributed by atoms with Crippen LogP contribution in [0.2, 0.25) is 0 Å². The van der Waals surface area contributed by atoms with Crippen LogP contribution in [-0.4, -0.2) is 126 Å². The summed E-state index contributed by atoms with van der Waals surface area (Å²) in [5, 5.41) is 0. The van der Waals surface area contributed by atoms with E-state index in [4.69, 9.17) is 47.4 Å². The average Bonchev–Trinajstić information content (AvgIpc) is 3.20. The zero-order valence-electron chi connectivity index (χ0n) is 35.6. The van der Waals surface area contributed by atoms with Crippen molar-refractivity contribution in [2.45, 2.75) is 129 Å². The van der Waals surface area contributed by atoms with Crippen molar-refractivity contribution in [1.82, 2.24) is 0 Å². The molecule has 10 heteroatoms. The van der Waals surface area contributed by atoms with E-state index in [0.29, 0.717) is 119 Å². The standard InChI is InChI=1S/C45H84O10/c1-3-5-7-9-11-12-13-14-15-17-19-25-46-26-27-47-28-29-48-30-31-49-32-33-50-34-35-51-36-37-52-38-39-53-40-41-54-42-43-55-45-23-21-44(22-24-45)20-18-16-10-8-6-4-2/h21-24H,3-20,25-43H2,1-2H3. The van der Waals surface area contributed by atoms with Crippen LogP contribution < -0.4 is 4.74 Å². The van der Waals surface area contributed by atoms with Crippen LogP contribution in [0.5, 0.6) is 5.75 Å². The Labute approximate surface area is 337 Å². The van der Waals surface area contributed by atoms with Crippen molar-refractivity contribution in [1.29, 1.82) is 0 Å². The van der Waals surface area contributed by atoms with Crippen molar-refractivity contribution in [3.63, 3.8) is 0 Å². The summed E-state index contributed by atoms with van der Waals surface area (Å²) in [6.07, 6.45) is 24.0. The van der Waals surface area contributed by atoms with Crippen LogP contribution in [0.15, 0.2) is 24.3 Å². The lowest BCUT2D eigenvalue weighted by molar-refractivity contribution is -0.0254. The molecule has 0 aliphatic carbocycles. The number of unbranched alkanes of at least 4 members (excludes halogenated alkanes) is 15. The van der Waals surface area contributed by atoms with Crippen molar-refractivity contribution in [3.05, 3.63) is 29.8 Å². The molecule has 0 aromatic heterocycles. The fourth-order valence-electron chi connectivity index (χ4n) is 5.81. The van der Waals surface area contributed by atoms with Crippen LogP contribution in [-0.2, 0) is 49.1 Å². The van der Waals surface area contributed by atoms with Gasteiger partial charge in [0, 0.05) is 6.61 Å². The second-order valence-corrected chi connectivity index (χ2v) is 14.1. The number of aryl methyl sites for hydroxylation is 1. The number of benzene rings is 1. The van der Waals surface area contributed by atoms with E-state index in [2.05, 4.69) is 38.1 Å². The fraction of sp³-hybridized carbons (Fsp3) is 0.867. The molecule has 0 heterocycles. The zero-order chi connectivity index (χ0) is 39.2. The Morgan fingerprint density at radius 1 is 0.273 bits per heavy atom. The molecule has 0 bridgehead atoms. The van der Waals surface area contributed by atoms with Crippen molar-refractivity contribution < 1.29 is 47.4 Å². The van der Waals surface area contributed by atoms with Gasteiger partial charge >= 0.3 is 0 Å². The summed E-state index contributed by atoms with van der Waals surface area (Å²) >= 11 is 0. The highest BCUT2D eigenvalue weighted by Gasteiger charge is 2.00. The lowest BCUT2D eigenvalue weighted by Crippen LogP contribution is -2.15. The Balaban J connectivity index is 1.66. The third-order valence-corrected chi connectivity index (χ3v) is 9.11. The van der Waals surface area contributed by atoms with E-state index in [0.717, 1.165) is 25.2 Å². The molecule has 0 N–H and O–H groups in total. The first-order valence-electron chi connectivity index (χ1n) is 22.3. The van der Waals surface area contributed by atoms with E-state index >= 15 is 0 Å². The maximum Gasteiger partial charge on any atom is 0.119 e. The highest BCUT2D eigenvalue weighted by Crippen LogP contribution is 2.15. The van der Waals surface area contributed by atoms with Gasteiger partial charge in [0.15, 0.2) is 0 Å². The van der Waals surface area contributed by atoms with E-state index in [1.165, 1.54) is 108 Å². The molecule has 0 spiro atoms. The highest BCUT2D eigenvalue weighted by molar-refractivity contribution is 5.27. The summed E-state index contributed by atoms with van der Waals surface area (Å²) in [6, 6.07) is 8.46. The molecule has 0 saturated heterocycles. The SMILES string of the molecule is CCCCCCCCCCCCCOCCOCCOCCOCCOCCOCCOCCOCCOCCOc1ccc(CCCCCCCC)cc1. The Bertz CT molecular complexity index is 843. The first-order chi connectivity index (χ1) is 27.4. The van der Waals surface area contributed by atoms with Gasteiger partial charge in [0.25, 0.3) is 0 Å². The molecule has 0 fully saturated rings. The quantitative estimate of drug-likeness (QED) is 0.0596. The van der Waals surface area contributed by atoms with Gasteiger partial charge in [0.2, 0.25) is 0 Å². The van der Waals surface area contributed by atoms with Gasteiger partial charge in [-0.1, -0.05) is 122 Å². The predicted octanol–water partition coefficient (Wildman–Crippen LogP) is 9.43. The van der Waals surface area contributed by atoms with E-state index < -0.39 is 0 Å². The molecule has 10 nitrogen and oxygen atoms in total. The monoisotopic (exact) mass is 785 g/mol. The van der Waals surface area contributed by atoms with Crippen LogP contribution in [0, 0.1) is 0 Å². The lowest BCUT2D eigenvalue weighted by atomic mass is 10.0. The molecule has 324 valence electrons. The summed E-state index contributed by atoms with van der Waals surface area (Å²) in [5.74, 6) is 0.890. The summed E-state index contributed by atoms with van der Waals surface area (Å²) < 4.78 is 55.9. The smallest absolute Gasteiger partial charge is 0.119 e. The molecule has 0 aliphatic heterocycles. The van der Waals surface area contributed by atoms with Crippen LogP contribution in [0.3, 0.4) is 0 Å². The second kappa shape index (κ2) is 45.4. The summed E-state index contributed by atoms with van der Waals surface area (Å²) in [4.78, 5) is 0. The number of hydrogen-bond donors (Lipinski definition) is 0. The minimum absolute atomic E-state index is 0.526. The van der Waals surface area contributed by atoms with Crippen molar-refractivity contribution >= 4 is 0 Å². The van der Waals surface area contributed by atoms with Gasteiger partial charge in [0.1, 0.15) is 12.4 Å². The largest absolute Gasteiger partial charge is 0.491 e. The van der Waals surface area contributed by atoms with Crippen molar-refractivity contribution in [3.8, 4) is 5.75 Å². The molecule has 55 heavy (non-hydrogen) atoms. The third kappa shape index (κ3) is 40.7. The molecule has 0 unspecified atom stereocenters. The Hall–Kier alpha value is -1.34. The minimum Gasteiger partial charge on any atom is -0.491 e. The maximum atomic E-state index is 5.78. The summed E-state index contributed by atoms with van der Waals surface area (Å²) in [6.45, 7) is 15.2. The number of rotatable bonds is 47. The number of hydrogen-bond acceptors (Lipinski definition) is 10. The molecule has 1 aromatic rings. The van der Waals surface area contributed by atoms with Crippen molar-refractivity contribution in [2.24, 2.45) is 0 Å². The molecule has 0 atom stereocenters. The molecular formula is C45H84O10. The van der Waals surface area contributed by atoms with Crippen molar-refractivity contribution in [2.75, 3.05) is 126 Å². The van der Waals surface area contributed by atoms with Gasteiger partial charge in [-0.05, 0) is 37.0 Å². The van der Waals surface area contributed by atoms with Crippen LogP contribution in [0.25, 0.3) is 0 Å². The Kier molecular flexibility index (Phi) is 42.6. The van der Waals surface area contributed by atoms with Crippen LogP contribution in [0.1, 0.15) is 129 Å². The van der Waals surface area contributed by atoms with E-state index in [-0.39, 0.29) is 0 Å². The average molecular weight is 785 g/mol. The highest BCUT2D eigenvalue weighted by atomic mass is 16.6. The normalized spacial score (nSPS) is 11.5. The van der Waals surface area contributed by atoms with Gasteiger partial charge in [0.05, 0.1) is 112 Å². The van der Waals surface area contributed by atoms with Gasteiger partial charge < -0.3 is 47.4 Å². The predicted molar refractivity (Wildman–Crippen MR) is 223 cm³/mol. The summed E-state index contributed by atoms with van der Waals surface area (Å²) in [5.41, 5.74) is 1.38. The molecule has 0 amide bonds. The molecule has 0 radical (unpaired) electrons. The Morgan fingerprint density at radius 2 is 0.545 bits per heavy atom. The third-order valence-electron chi connectivity index (χ3n) is 9.11. The zero-order valence-corrected chi connectivity index (χ0v) is 35.6. The van der Waals surface area contributed by atoms with Gasteiger partial charge in [-0.15, -0.1) is 0 Å². The second-order valence-electron chi connectivity index (χ2n) is 14.1. The first-order valence-corrected chi connectivity index (χ1v) is 22.3. The van der Waals surface area contributed by atoms with Gasteiger partial charge in [-0.3, -0.25) is 0 Å². The van der Waals surface area contributed by atoms with E-state index in [9.17, 15) is 0 Å².